The van der Waals surface area contributed by atoms with Crippen molar-refractivity contribution in [1.29, 1.82) is 0 Å². The number of aliphatic hydroxyl groups is 1. The Labute approximate surface area is 191 Å². The van der Waals surface area contributed by atoms with Crippen LogP contribution < -0.4 is 26.0 Å². The Balaban J connectivity index is 1.62. The van der Waals surface area contributed by atoms with Gasteiger partial charge in [0.25, 0.3) is 5.56 Å². The van der Waals surface area contributed by atoms with E-state index in [1.54, 1.807) is 43.0 Å². The molecule has 3 aromatic rings. The first kappa shape index (κ1) is 22.9. The maximum absolute atomic E-state index is 13.0. The van der Waals surface area contributed by atoms with Gasteiger partial charge in [0.05, 0.1) is 13.7 Å². The predicted molar refractivity (Wildman–Crippen MR) is 125 cm³/mol. The number of nitrogens with one attached hydrogen (secondary N) is 1. The zero-order valence-corrected chi connectivity index (χ0v) is 19.3. The number of benzene rings is 1. The molecular weight excluding hydrogens is 426 g/mol. The minimum Gasteiger partial charge on any atom is -0.497 e. The fourth-order valence-corrected chi connectivity index (χ4v) is 4.29. The van der Waals surface area contributed by atoms with Crippen molar-refractivity contribution in [2.45, 2.75) is 50.8 Å². The molecule has 10 heteroatoms. The Morgan fingerprint density at radius 3 is 2.42 bits per heavy atom. The minimum absolute atomic E-state index is 0.0287. The number of rotatable bonds is 8. The molecule has 2 aromatic heterocycles. The Morgan fingerprint density at radius 2 is 1.76 bits per heavy atom. The van der Waals surface area contributed by atoms with Crippen molar-refractivity contribution in [3.05, 3.63) is 45.1 Å². The summed E-state index contributed by atoms with van der Waals surface area (Å²) in [4.78, 5) is 30.0. The fourth-order valence-electron chi connectivity index (χ4n) is 4.29. The van der Waals surface area contributed by atoms with Crippen LogP contribution in [-0.4, -0.2) is 49.7 Å². The van der Waals surface area contributed by atoms with Gasteiger partial charge in [0, 0.05) is 20.1 Å². The van der Waals surface area contributed by atoms with Crippen molar-refractivity contribution >= 4 is 17.1 Å². The molecule has 0 amide bonds. The summed E-state index contributed by atoms with van der Waals surface area (Å²) in [7, 11) is 4.63. The fraction of sp³-hybridized carbons (Fsp3) is 0.522. The SMILES string of the molecule is COc1ccc(OC[C@@H](O)Cn2c(NC3CCCCC3)nc3c2c(=O)n(C)c(=O)n3C)cc1. The van der Waals surface area contributed by atoms with E-state index >= 15 is 0 Å². The first-order chi connectivity index (χ1) is 15.9. The Morgan fingerprint density at radius 1 is 1.09 bits per heavy atom. The molecule has 1 aliphatic rings. The topological polar surface area (TPSA) is 113 Å². The molecule has 1 aliphatic carbocycles. The molecule has 2 heterocycles. The number of imidazole rings is 1. The van der Waals surface area contributed by atoms with Crippen LogP contribution in [-0.2, 0) is 20.6 Å². The van der Waals surface area contributed by atoms with Crippen molar-refractivity contribution in [2.75, 3.05) is 19.0 Å². The van der Waals surface area contributed by atoms with Gasteiger partial charge in [-0.1, -0.05) is 19.3 Å². The summed E-state index contributed by atoms with van der Waals surface area (Å²) in [6.45, 7) is 0.121. The lowest BCUT2D eigenvalue weighted by atomic mass is 9.96. The lowest BCUT2D eigenvalue weighted by Crippen LogP contribution is -2.38. The highest BCUT2D eigenvalue weighted by Crippen LogP contribution is 2.24. The van der Waals surface area contributed by atoms with E-state index < -0.39 is 17.4 Å². The monoisotopic (exact) mass is 457 g/mol. The number of hydrogen-bond donors (Lipinski definition) is 2. The normalized spacial score (nSPS) is 15.5. The van der Waals surface area contributed by atoms with E-state index in [0.29, 0.717) is 23.1 Å². The van der Waals surface area contributed by atoms with Gasteiger partial charge in [-0.2, -0.15) is 4.98 Å². The van der Waals surface area contributed by atoms with Gasteiger partial charge in [-0.3, -0.25) is 13.9 Å². The molecule has 0 spiro atoms. The summed E-state index contributed by atoms with van der Waals surface area (Å²) in [5.74, 6) is 1.80. The van der Waals surface area contributed by atoms with Crippen molar-refractivity contribution < 1.29 is 14.6 Å². The van der Waals surface area contributed by atoms with Crippen LogP contribution >= 0.6 is 0 Å². The number of aliphatic hydroxyl groups excluding tert-OH is 1. The highest BCUT2D eigenvalue weighted by atomic mass is 16.5. The van der Waals surface area contributed by atoms with Crippen LogP contribution in [0.1, 0.15) is 32.1 Å². The number of ether oxygens (including phenoxy) is 2. The molecule has 1 aromatic carbocycles. The van der Waals surface area contributed by atoms with E-state index in [0.717, 1.165) is 30.3 Å². The van der Waals surface area contributed by atoms with E-state index in [4.69, 9.17) is 9.47 Å². The van der Waals surface area contributed by atoms with Gasteiger partial charge in [0.15, 0.2) is 11.2 Å². The van der Waals surface area contributed by atoms with Crippen LogP contribution in [0.15, 0.2) is 33.9 Å². The minimum atomic E-state index is -0.904. The van der Waals surface area contributed by atoms with Crippen LogP contribution in [0.25, 0.3) is 11.2 Å². The van der Waals surface area contributed by atoms with Gasteiger partial charge < -0.3 is 24.5 Å². The number of hydrogen-bond acceptors (Lipinski definition) is 7. The lowest BCUT2D eigenvalue weighted by molar-refractivity contribution is 0.0937. The van der Waals surface area contributed by atoms with E-state index in [1.165, 1.54) is 18.0 Å². The second-order valence-corrected chi connectivity index (χ2v) is 8.54. The van der Waals surface area contributed by atoms with Gasteiger partial charge in [-0.25, -0.2) is 4.79 Å². The zero-order chi connectivity index (χ0) is 23.5. The lowest BCUT2D eigenvalue weighted by Gasteiger charge is -2.24. The van der Waals surface area contributed by atoms with Gasteiger partial charge in [0.2, 0.25) is 5.95 Å². The molecule has 0 radical (unpaired) electrons. The molecule has 4 rings (SSSR count). The van der Waals surface area contributed by atoms with Crippen molar-refractivity contribution in [2.24, 2.45) is 14.1 Å². The van der Waals surface area contributed by atoms with Gasteiger partial charge in [-0.05, 0) is 37.1 Å². The van der Waals surface area contributed by atoms with Gasteiger partial charge >= 0.3 is 5.69 Å². The van der Waals surface area contributed by atoms with Crippen LogP contribution in [0.3, 0.4) is 0 Å². The molecule has 0 aliphatic heterocycles. The smallest absolute Gasteiger partial charge is 0.332 e. The average molecular weight is 458 g/mol. The number of anilines is 1. The summed E-state index contributed by atoms with van der Waals surface area (Å²) >= 11 is 0. The maximum Gasteiger partial charge on any atom is 0.332 e. The molecule has 1 fully saturated rings. The molecule has 2 N–H and O–H groups in total. The van der Waals surface area contributed by atoms with Crippen LogP contribution in [0.4, 0.5) is 5.95 Å². The van der Waals surface area contributed by atoms with Crippen LogP contribution in [0.2, 0.25) is 0 Å². The molecular formula is C23H31N5O5. The summed E-state index contributed by atoms with van der Waals surface area (Å²) in [6.07, 6.45) is 4.61. The molecule has 1 atom stereocenters. The molecule has 1 saturated carbocycles. The van der Waals surface area contributed by atoms with Crippen LogP contribution in [0, 0.1) is 0 Å². The highest BCUT2D eigenvalue weighted by molar-refractivity contribution is 5.74. The quantitative estimate of drug-likeness (QED) is 0.529. The third-order valence-corrected chi connectivity index (χ3v) is 6.18. The molecule has 0 unspecified atom stereocenters. The number of aromatic nitrogens is 4. The van der Waals surface area contributed by atoms with E-state index in [2.05, 4.69) is 10.3 Å². The van der Waals surface area contributed by atoms with E-state index in [9.17, 15) is 14.7 Å². The number of fused-ring (bicyclic) bond motifs is 1. The second kappa shape index (κ2) is 9.70. The Kier molecular flexibility index (Phi) is 6.73. The molecule has 10 nitrogen and oxygen atoms in total. The average Bonchev–Trinajstić information content (AvgIpc) is 3.18. The zero-order valence-electron chi connectivity index (χ0n) is 19.3. The highest BCUT2D eigenvalue weighted by Gasteiger charge is 2.23. The standard InChI is InChI=1S/C23H31N5O5/c1-26-20-19(21(30)27(2)23(26)31)28(22(25-20)24-15-7-5-4-6-8-15)13-16(29)14-33-18-11-9-17(32-3)10-12-18/h9-12,15-16,29H,4-8,13-14H2,1-3H3,(H,24,25)/t16-/m0/s1. The summed E-state index contributed by atoms with van der Waals surface area (Å²) in [5.41, 5.74) is -0.309. The Hall–Kier alpha value is -3.27. The number of methoxy groups -OCH3 is 1. The molecule has 178 valence electrons. The number of aryl methyl sites for hydroxylation is 1. The first-order valence-electron chi connectivity index (χ1n) is 11.3. The van der Waals surface area contributed by atoms with E-state index in [-0.39, 0.29) is 24.7 Å². The third-order valence-electron chi connectivity index (χ3n) is 6.18. The molecule has 33 heavy (non-hydrogen) atoms. The number of nitrogens with zero attached hydrogens (tertiary/aromatic N) is 4. The van der Waals surface area contributed by atoms with Crippen molar-refractivity contribution in [3.63, 3.8) is 0 Å². The van der Waals surface area contributed by atoms with E-state index in [1.807, 2.05) is 0 Å². The molecule has 0 saturated heterocycles. The largest absolute Gasteiger partial charge is 0.497 e. The summed E-state index contributed by atoms with van der Waals surface area (Å²) in [6, 6.07) is 7.32. The van der Waals surface area contributed by atoms with Gasteiger partial charge in [-0.15, -0.1) is 0 Å². The van der Waals surface area contributed by atoms with Crippen LogP contribution in [0.5, 0.6) is 11.5 Å². The van der Waals surface area contributed by atoms with Gasteiger partial charge in [0.1, 0.15) is 24.2 Å². The first-order valence-corrected chi connectivity index (χ1v) is 11.3. The second-order valence-electron chi connectivity index (χ2n) is 8.54. The Bertz CT molecular complexity index is 1220. The maximum atomic E-state index is 13.0. The van der Waals surface area contributed by atoms with Crippen molar-refractivity contribution in [3.8, 4) is 11.5 Å². The molecule has 0 bridgehead atoms. The third kappa shape index (κ3) is 4.75. The summed E-state index contributed by atoms with van der Waals surface area (Å²) < 4.78 is 15.0. The predicted octanol–water partition coefficient (Wildman–Crippen LogP) is 1.63. The summed E-state index contributed by atoms with van der Waals surface area (Å²) in [5, 5.41) is 14.2. The van der Waals surface area contributed by atoms with Crippen molar-refractivity contribution in [1.82, 2.24) is 18.7 Å².